The maximum Gasteiger partial charge on any atom is 0.269 e. The van der Waals surface area contributed by atoms with E-state index < -0.39 is 16.0 Å². The molecule has 2 aromatic rings. The molecule has 19 heavy (non-hydrogen) atoms. The summed E-state index contributed by atoms with van der Waals surface area (Å²) in [4.78, 5) is 32.8. The molecule has 1 heterocycles. The summed E-state index contributed by atoms with van der Waals surface area (Å²) in [6, 6.07) is 6.16. The van der Waals surface area contributed by atoms with Crippen molar-refractivity contribution in [3.8, 4) is 0 Å². The fraction of sp³-hybridized carbons (Fsp3) is 0.0909. The van der Waals surface area contributed by atoms with Gasteiger partial charge in [-0.2, -0.15) is 0 Å². The van der Waals surface area contributed by atoms with Crippen LogP contribution in [0, 0.1) is 10.1 Å². The van der Waals surface area contributed by atoms with Gasteiger partial charge in [-0.25, -0.2) is 4.68 Å². The van der Waals surface area contributed by atoms with Crippen LogP contribution in [0.2, 0.25) is 0 Å². The number of benzene rings is 1. The van der Waals surface area contributed by atoms with E-state index in [1.165, 1.54) is 18.2 Å². The van der Waals surface area contributed by atoms with Gasteiger partial charge in [0.1, 0.15) is 0 Å². The number of aromatic amines is 1. The fourth-order valence-corrected chi connectivity index (χ4v) is 1.59. The van der Waals surface area contributed by atoms with Gasteiger partial charge >= 0.3 is 0 Å². The van der Waals surface area contributed by atoms with Crippen molar-refractivity contribution in [3.05, 3.63) is 66.7 Å². The van der Waals surface area contributed by atoms with Gasteiger partial charge in [-0.15, -0.1) is 0 Å². The van der Waals surface area contributed by atoms with Crippen LogP contribution in [0.3, 0.4) is 0 Å². The predicted octanol–water partition coefficient (Wildman–Crippen LogP) is 0.0753. The number of nitrogen functional groups attached to an aromatic ring is 1. The molecule has 0 aliphatic rings. The molecule has 1 aromatic heterocycles. The zero-order valence-corrected chi connectivity index (χ0v) is 9.70. The third-order valence-corrected chi connectivity index (χ3v) is 2.55. The third-order valence-electron chi connectivity index (χ3n) is 2.55. The number of nitrogens with two attached hydrogens (primary N) is 1. The number of non-ortho nitro benzene ring substituents is 1. The van der Waals surface area contributed by atoms with Crippen LogP contribution in [0.25, 0.3) is 0 Å². The third kappa shape index (κ3) is 2.68. The highest BCUT2D eigenvalue weighted by atomic mass is 16.6. The number of aromatic nitrogens is 2. The summed E-state index contributed by atoms with van der Waals surface area (Å²) < 4.78 is 1.04. The molecule has 2 rings (SSSR count). The molecular formula is C11H10N4O4. The maximum absolute atomic E-state index is 11.5. The highest BCUT2D eigenvalue weighted by Gasteiger charge is 2.10. The lowest BCUT2D eigenvalue weighted by atomic mass is 10.1. The number of rotatable bonds is 3. The van der Waals surface area contributed by atoms with Gasteiger partial charge in [0.05, 0.1) is 11.5 Å². The molecule has 0 aliphatic carbocycles. The summed E-state index contributed by atoms with van der Waals surface area (Å²) in [5.74, 6) is 0. The smallest absolute Gasteiger partial charge is 0.269 e. The Bertz CT molecular complexity index is 747. The van der Waals surface area contributed by atoms with Crippen LogP contribution in [-0.2, 0) is 6.54 Å². The minimum absolute atomic E-state index is 0.0393. The van der Waals surface area contributed by atoms with E-state index in [2.05, 4.69) is 5.10 Å². The molecule has 0 bridgehead atoms. The molecule has 0 saturated heterocycles. The molecule has 98 valence electrons. The Hall–Kier alpha value is -2.90. The first kappa shape index (κ1) is 12.6. The summed E-state index contributed by atoms with van der Waals surface area (Å²) in [7, 11) is 0. The second-order valence-corrected chi connectivity index (χ2v) is 3.87. The van der Waals surface area contributed by atoms with E-state index in [1.807, 2.05) is 0 Å². The van der Waals surface area contributed by atoms with Crippen molar-refractivity contribution in [2.24, 2.45) is 0 Å². The van der Waals surface area contributed by atoms with Gasteiger partial charge in [-0.3, -0.25) is 24.8 Å². The number of hydrogen-bond acceptors (Lipinski definition) is 5. The molecular weight excluding hydrogens is 252 g/mol. The largest absolute Gasteiger partial charge is 0.398 e. The second-order valence-electron chi connectivity index (χ2n) is 3.87. The Labute approximate surface area is 106 Å². The molecule has 0 atom stereocenters. The summed E-state index contributed by atoms with van der Waals surface area (Å²) in [5.41, 5.74) is 5.39. The van der Waals surface area contributed by atoms with E-state index in [0.717, 1.165) is 16.8 Å². The summed E-state index contributed by atoms with van der Waals surface area (Å²) in [6.45, 7) is -0.0393. The number of nitrogens with one attached hydrogen (secondary N) is 1. The van der Waals surface area contributed by atoms with Gasteiger partial charge in [0.2, 0.25) is 0 Å². The molecule has 0 spiro atoms. The van der Waals surface area contributed by atoms with Crippen LogP contribution < -0.4 is 16.9 Å². The minimum Gasteiger partial charge on any atom is -0.398 e. The van der Waals surface area contributed by atoms with E-state index in [9.17, 15) is 19.7 Å². The quantitative estimate of drug-likeness (QED) is 0.460. The van der Waals surface area contributed by atoms with Crippen LogP contribution in [0.5, 0.6) is 0 Å². The molecule has 0 radical (unpaired) electrons. The van der Waals surface area contributed by atoms with Gasteiger partial charge in [-0.05, 0) is 6.07 Å². The minimum atomic E-state index is -0.556. The van der Waals surface area contributed by atoms with Crippen LogP contribution in [-0.4, -0.2) is 14.7 Å². The highest BCUT2D eigenvalue weighted by Crippen LogP contribution is 2.19. The Kier molecular flexibility index (Phi) is 3.15. The molecule has 8 nitrogen and oxygen atoms in total. The number of anilines is 1. The van der Waals surface area contributed by atoms with Crippen molar-refractivity contribution in [3.63, 3.8) is 0 Å². The average molecular weight is 262 g/mol. The van der Waals surface area contributed by atoms with Gasteiger partial charge in [0.25, 0.3) is 16.8 Å². The lowest BCUT2D eigenvalue weighted by Gasteiger charge is -2.07. The standard InChI is InChI=1S/C11H10N4O4/c12-9-2-1-8(15(18)19)5-7(9)6-14-11(17)4-3-10(16)13-14/h1-5H,6,12H2,(H,13,16). The van der Waals surface area contributed by atoms with E-state index in [1.54, 1.807) is 0 Å². The van der Waals surface area contributed by atoms with Gasteiger partial charge in [0.15, 0.2) is 0 Å². The first-order chi connectivity index (χ1) is 8.97. The summed E-state index contributed by atoms with van der Waals surface area (Å²) >= 11 is 0. The van der Waals surface area contributed by atoms with Crippen LogP contribution in [0.4, 0.5) is 11.4 Å². The zero-order chi connectivity index (χ0) is 14.0. The number of H-pyrrole nitrogens is 1. The number of hydrogen-bond donors (Lipinski definition) is 2. The monoisotopic (exact) mass is 262 g/mol. The van der Waals surface area contributed by atoms with Gasteiger partial charge < -0.3 is 5.73 Å². The van der Waals surface area contributed by atoms with Crippen LogP contribution >= 0.6 is 0 Å². The van der Waals surface area contributed by atoms with Crippen molar-refractivity contribution in [1.82, 2.24) is 9.78 Å². The van der Waals surface area contributed by atoms with Crippen molar-refractivity contribution in [2.45, 2.75) is 6.54 Å². The Balaban J connectivity index is 2.45. The molecule has 0 unspecified atom stereocenters. The van der Waals surface area contributed by atoms with Crippen LogP contribution in [0.15, 0.2) is 39.9 Å². The molecule has 8 heteroatoms. The Morgan fingerprint density at radius 1 is 1.26 bits per heavy atom. The van der Waals surface area contributed by atoms with Gasteiger partial charge in [0, 0.05) is 35.5 Å². The Morgan fingerprint density at radius 2 is 2.00 bits per heavy atom. The van der Waals surface area contributed by atoms with E-state index in [-0.39, 0.29) is 12.2 Å². The molecule has 0 fully saturated rings. The van der Waals surface area contributed by atoms with Crippen LogP contribution in [0.1, 0.15) is 5.56 Å². The molecule has 0 saturated carbocycles. The van der Waals surface area contributed by atoms with Gasteiger partial charge in [-0.1, -0.05) is 0 Å². The highest BCUT2D eigenvalue weighted by molar-refractivity contribution is 5.52. The molecule has 1 aromatic carbocycles. The number of nitro groups is 1. The normalized spacial score (nSPS) is 10.3. The maximum atomic E-state index is 11.5. The number of nitrogens with zero attached hydrogens (tertiary/aromatic N) is 2. The summed E-state index contributed by atoms with van der Waals surface area (Å²) in [5, 5.41) is 13.0. The topological polar surface area (TPSA) is 124 Å². The number of nitro benzene ring substituents is 1. The lowest BCUT2D eigenvalue weighted by Crippen LogP contribution is -2.28. The molecule has 3 N–H and O–H groups in total. The summed E-state index contributed by atoms with van der Waals surface area (Å²) in [6.07, 6.45) is 0. The lowest BCUT2D eigenvalue weighted by molar-refractivity contribution is -0.384. The van der Waals surface area contributed by atoms with Crippen molar-refractivity contribution in [2.75, 3.05) is 5.73 Å². The average Bonchev–Trinajstić information content (AvgIpc) is 2.36. The van der Waals surface area contributed by atoms with Crippen molar-refractivity contribution in [1.29, 1.82) is 0 Å². The molecule has 0 aliphatic heterocycles. The first-order valence-electron chi connectivity index (χ1n) is 5.30. The fourth-order valence-electron chi connectivity index (χ4n) is 1.59. The molecule has 0 amide bonds. The zero-order valence-electron chi connectivity index (χ0n) is 9.70. The van der Waals surface area contributed by atoms with E-state index in [4.69, 9.17) is 5.73 Å². The van der Waals surface area contributed by atoms with E-state index in [0.29, 0.717) is 11.3 Å². The van der Waals surface area contributed by atoms with Crippen molar-refractivity contribution >= 4 is 11.4 Å². The second kappa shape index (κ2) is 4.77. The SMILES string of the molecule is Nc1ccc([N+](=O)[O-])cc1Cn1[nH]c(=O)ccc1=O. The van der Waals surface area contributed by atoms with E-state index >= 15 is 0 Å². The predicted molar refractivity (Wildman–Crippen MR) is 67.9 cm³/mol. The first-order valence-corrected chi connectivity index (χ1v) is 5.30. The van der Waals surface area contributed by atoms with Crippen molar-refractivity contribution < 1.29 is 4.92 Å². The Morgan fingerprint density at radius 3 is 2.68 bits per heavy atom.